The van der Waals surface area contributed by atoms with E-state index in [1.54, 1.807) is 0 Å². The van der Waals surface area contributed by atoms with E-state index in [2.05, 4.69) is 13.3 Å². The third-order valence-electron chi connectivity index (χ3n) is 1.32. The van der Waals surface area contributed by atoms with Crippen LogP contribution in [0.1, 0.15) is 32.1 Å². The first-order chi connectivity index (χ1) is 4.41. The molecule has 0 aromatic carbocycles. The minimum Gasteiger partial charge on any atom is -0.428 e. The molecular weight excluding hydrogens is 136 g/mol. The minimum absolute atomic E-state index is 0. The molecule has 0 aromatic heterocycles. The molecule has 56 valence electrons. The Balaban J connectivity index is 0. The smallest absolute Gasteiger partial charge is 0.428 e. The molecule has 1 rings (SSSR count). The summed E-state index contributed by atoms with van der Waals surface area (Å²) in [7, 11) is 0. The standard InChI is InChI=1S/C6H11.C2H5O.Mg/c1-2-4-6-5-3-1;1-2-3;/h1H,2-6H2;3H,1-2H2;/q2*-1;+2. The number of rotatable bonds is 0. The topological polar surface area (TPSA) is 20.2 Å². The second-order valence-corrected chi connectivity index (χ2v) is 2.15. The molecule has 1 saturated carbocycles. The number of aliphatic hydroxyl groups is 1. The van der Waals surface area contributed by atoms with E-state index in [0.29, 0.717) is 0 Å². The van der Waals surface area contributed by atoms with Gasteiger partial charge in [-0.1, -0.05) is 25.9 Å². The van der Waals surface area contributed by atoms with Gasteiger partial charge in [0.05, 0.1) is 0 Å². The second kappa shape index (κ2) is 12.4. The van der Waals surface area contributed by atoms with E-state index in [1.165, 1.54) is 32.1 Å². The van der Waals surface area contributed by atoms with Gasteiger partial charge in [-0.05, 0) is 0 Å². The van der Waals surface area contributed by atoms with Crippen LogP contribution in [-0.2, 0) is 0 Å². The van der Waals surface area contributed by atoms with Gasteiger partial charge in [-0.2, -0.15) is 12.8 Å². The molecule has 0 amide bonds. The van der Waals surface area contributed by atoms with E-state index in [0.717, 1.165) is 0 Å². The van der Waals surface area contributed by atoms with Crippen LogP contribution in [0, 0.1) is 13.3 Å². The number of aliphatic hydroxyl groups excluding tert-OH is 1. The van der Waals surface area contributed by atoms with Crippen molar-refractivity contribution in [2.75, 3.05) is 6.61 Å². The molecule has 0 aliphatic heterocycles. The van der Waals surface area contributed by atoms with E-state index >= 15 is 0 Å². The Kier molecular flexibility index (Phi) is 16.5. The first kappa shape index (κ1) is 13.3. The number of hydrogen-bond donors (Lipinski definition) is 1. The fourth-order valence-corrected chi connectivity index (χ4v) is 0.898. The van der Waals surface area contributed by atoms with Gasteiger partial charge in [0, 0.05) is 0 Å². The molecule has 0 saturated heterocycles. The number of hydrogen-bond acceptors (Lipinski definition) is 1. The summed E-state index contributed by atoms with van der Waals surface area (Å²) in [6, 6.07) is 0. The van der Waals surface area contributed by atoms with Crippen LogP contribution in [0.3, 0.4) is 0 Å². The van der Waals surface area contributed by atoms with Crippen molar-refractivity contribution in [2.45, 2.75) is 32.1 Å². The third-order valence-corrected chi connectivity index (χ3v) is 1.32. The summed E-state index contributed by atoms with van der Waals surface area (Å²) in [4.78, 5) is 0. The molecule has 0 radical (unpaired) electrons. The van der Waals surface area contributed by atoms with E-state index in [4.69, 9.17) is 5.11 Å². The van der Waals surface area contributed by atoms with Crippen LogP contribution in [0.25, 0.3) is 0 Å². The maximum Gasteiger partial charge on any atom is 2.00 e. The normalized spacial score (nSPS) is 16.2. The van der Waals surface area contributed by atoms with Crippen LogP contribution in [0.15, 0.2) is 0 Å². The molecule has 1 aliphatic rings. The average molecular weight is 153 g/mol. The molecule has 0 unspecified atom stereocenters. The third kappa shape index (κ3) is 11.5. The Morgan fingerprint density at radius 1 is 1.20 bits per heavy atom. The summed E-state index contributed by atoms with van der Waals surface area (Å²) >= 11 is 0. The zero-order chi connectivity index (χ0) is 6.95. The molecule has 0 atom stereocenters. The summed E-state index contributed by atoms with van der Waals surface area (Å²) in [5.74, 6) is 0. The molecular formula is C8H16MgO. The van der Waals surface area contributed by atoms with Crippen LogP contribution in [0.2, 0.25) is 0 Å². The quantitative estimate of drug-likeness (QED) is 0.413. The van der Waals surface area contributed by atoms with Crippen LogP contribution < -0.4 is 0 Å². The summed E-state index contributed by atoms with van der Waals surface area (Å²) in [5.41, 5.74) is 0. The van der Waals surface area contributed by atoms with Gasteiger partial charge in [-0.3, -0.25) is 0 Å². The predicted molar refractivity (Wildman–Crippen MR) is 45.6 cm³/mol. The van der Waals surface area contributed by atoms with Crippen LogP contribution in [0.5, 0.6) is 0 Å². The SMILES string of the molecule is [CH-]1CCCCC1.[CH2-]CO.[Mg+2]. The van der Waals surface area contributed by atoms with Gasteiger partial charge >= 0.3 is 23.1 Å². The average Bonchev–Trinajstić information content (AvgIpc) is 1.93. The first-order valence-corrected chi connectivity index (χ1v) is 3.63. The largest absolute Gasteiger partial charge is 2.00 e. The van der Waals surface area contributed by atoms with Gasteiger partial charge < -0.3 is 18.5 Å². The summed E-state index contributed by atoms with van der Waals surface area (Å²) in [6.07, 6.45) is 9.50. The van der Waals surface area contributed by atoms with Gasteiger partial charge in [-0.25, -0.2) is 0 Å². The van der Waals surface area contributed by atoms with Crippen molar-refractivity contribution in [3.05, 3.63) is 13.3 Å². The molecule has 0 aromatic rings. The van der Waals surface area contributed by atoms with Crippen molar-refractivity contribution in [2.24, 2.45) is 0 Å². The zero-order valence-corrected chi connectivity index (χ0v) is 8.10. The fraction of sp³-hybridized carbons (Fsp3) is 0.750. The maximum absolute atomic E-state index is 7.46. The summed E-state index contributed by atoms with van der Waals surface area (Å²) < 4.78 is 0. The van der Waals surface area contributed by atoms with Crippen LogP contribution in [0.4, 0.5) is 0 Å². The minimum atomic E-state index is 0. The van der Waals surface area contributed by atoms with Crippen molar-refractivity contribution < 1.29 is 5.11 Å². The van der Waals surface area contributed by atoms with Gasteiger partial charge in [0.25, 0.3) is 0 Å². The Morgan fingerprint density at radius 3 is 1.70 bits per heavy atom. The Bertz CT molecular complexity index is 33.0. The van der Waals surface area contributed by atoms with Crippen LogP contribution >= 0.6 is 0 Å². The molecule has 10 heavy (non-hydrogen) atoms. The van der Waals surface area contributed by atoms with Gasteiger partial charge in [0.1, 0.15) is 0 Å². The van der Waals surface area contributed by atoms with Gasteiger partial charge in [-0.15, -0.1) is 0 Å². The van der Waals surface area contributed by atoms with Crippen LogP contribution in [-0.4, -0.2) is 34.8 Å². The molecule has 1 nitrogen and oxygen atoms in total. The van der Waals surface area contributed by atoms with Crippen molar-refractivity contribution in [1.29, 1.82) is 0 Å². The first-order valence-electron chi connectivity index (χ1n) is 3.63. The van der Waals surface area contributed by atoms with E-state index in [1.807, 2.05) is 0 Å². The molecule has 2 heteroatoms. The molecule has 1 aliphatic carbocycles. The fourth-order valence-electron chi connectivity index (χ4n) is 0.898. The van der Waals surface area contributed by atoms with Crippen molar-refractivity contribution >= 4 is 23.1 Å². The summed E-state index contributed by atoms with van der Waals surface area (Å²) in [6.45, 7) is 3.04. The predicted octanol–water partition coefficient (Wildman–Crippen LogP) is 1.59. The monoisotopic (exact) mass is 152 g/mol. The molecule has 0 spiro atoms. The summed E-state index contributed by atoms with van der Waals surface area (Å²) in [5, 5.41) is 7.46. The maximum atomic E-state index is 7.46. The van der Waals surface area contributed by atoms with E-state index in [-0.39, 0.29) is 29.7 Å². The van der Waals surface area contributed by atoms with Crippen molar-refractivity contribution in [3.63, 3.8) is 0 Å². The molecule has 1 fully saturated rings. The molecule has 0 heterocycles. The second-order valence-electron chi connectivity index (χ2n) is 2.15. The van der Waals surface area contributed by atoms with E-state index in [9.17, 15) is 0 Å². The molecule has 0 bridgehead atoms. The Hall–Kier alpha value is 0.726. The van der Waals surface area contributed by atoms with Gasteiger partial charge in [0.15, 0.2) is 0 Å². The zero-order valence-electron chi connectivity index (χ0n) is 6.68. The Labute approximate surface area is 80.4 Å². The Morgan fingerprint density at radius 2 is 1.60 bits per heavy atom. The van der Waals surface area contributed by atoms with E-state index < -0.39 is 0 Å². The molecule has 1 N–H and O–H groups in total. The van der Waals surface area contributed by atoms with Crippen molar-refractivity contribution in [1.82, 2.24) is 0 Å². The van der Waals surface area contributed by atoms with Crippen molar-refractivity contribution in [3.8, 4) is 0 Å². The van der Waals surface area contributed by atoms with Gasteiger partial charge in [0.2, 0.25) is 0 Å².